The number of rotatable bonds is 8. The van der Waals surface area contributed by atoms with Crippen LogP contribution in [-0.4, -0.2) is 33.8 Å². The minimum atomic E-state index is -0.623. The second kappa shape index (κ2) is 10.8. The van der Waals surface area contributed by atoms with Crippen LogP contribution in [0.15, 0.2) is 71.9 Å². The third-order valence-electron chi connectivity index (χ3n) is 5.20. The number of carbonyl (C=O) groups is 2. The highest BCUT2D eigenvalue weighted by molar-refractivity contribution is 7.99. The number of esters is 2. The summed E-state index contributed by atoms with van der Waals surface area (Å²) in [5.74, 6) is -0.657. The Kier molecular flexibility index (Phi) is 7.55. The van der Waals surface area contributed by atoms with Crippen LogP contribution in [0.2, 0.25) is 5.02 Å². The SMILES string of the molecule is Cc1cccc(C)c1OC(=O)COC(=O)CSc1nc2ccccc2n1Cc1ccccc1Cl. The number of halogens is 1. The molecule has 0 aliphatic rings. The Balaban J connectivity index is 1.40. The van der Waals surface area contributed by atoms with Crippen LogP contribution in [0.3, 0.4) is 0 Å². The van der Waals surface area contributed by atoms with Crippen molar-refractivity contribution in [3.63, 3.8) is 0 Å². The highest BCUT2D eigenvalue weighted by Crippen LogP contribution is 2.27. The van der Waals surface area contributed by atoms with Crippen LogP contribution in [-0.2, 0) is 20.9 Å². The maximum atomic E-state index is 12.3. The standard InChI is InChI=1S/C26H23ClN2O4S/c1-17-8-7-9-18(2)25(17)33-23(30)15-32-24(31)16-34-26-28-21-12-5-6-13-22(21)29(26)14-19-10-3-4-11-20(19)27/h3-13H,14-16H2,1-2H3. The second-order valence-electron chi connectivity index (χ2n) is 7.71. The lowest BCUT2D eigenvalue weighted by molar-refractivity contribution is -0.151. The lowest BCUT2D eigenvalue weighted by Gasteiger charge is -2.11. The number of carbonyl (C=O) groups excluding carboxylic acids is 2. The summed E-state index contributed by atoms with van der Waals surface area (Å²) < 4.78 is 12.5. The Morgan fingerprint density at radius 2 is 1.65 bits per heavy atom. The van der Waals surface area contributed by atoms with Crippen LogP contribution in [0.25, 0.3) is 11.0 Å². The smallest absolute Gasteiger partial charge is 0.349 e. The number of fused-ring (bicyclic) bond motifs is 1. The fourth-order valence-corrected chi connectivity index (χ4v) is 4.53. The van der Waals surface area contributed by atoms with E-state index in [9.17, 15) is 9.59 Å². The minimum Gasteiger partial charge on any atom is -0.453 e. The maximum absolute atomic E-state index is 12.3. The summed E-state index contributed by atoms with van der Waals surface area (Å²) in [7, 11) is 0. The number of benzene rings is 3. The lowest BCUT2D eigenvalue weighted by Crippen LogP contribution is -2.20. The van der Waals surface area contributed by atoms with E-state index < -0.39 is 18.5 Å². The van der Waals surface area contributed by atoms with E-state index in [0.717, 1.165) is 27.7 Å². The second-order valence-corrected chi connectivity index (χ2v) is 9.05. The van der Waals surface area contributed by atoms with Crippen molar-refractivity contribution in [3.05, 3.63) is 88.4 Å². The summed E-state index contributed by atoms with van der Waals surface area (Å²) in [6, 6.07) is 21.0. The van der Waals surface area contributed by atoms with Gasteiger partial charge < -0.3 is 14.0 Å². The summed E-state index contributed by atoms with van der Waals surface area (Å²) >= 11 is 7.61. The van der Waals surface area contributed by atoms with E-state index in [1.165, 1.54) is 11.8 Å². The molecule has 3 aromatic carbocycles. The van der Waals surface area contributed by atoms with Crippen LogP contribution in [0.5, 0.6) is 5.75 Å². The molecule has 0 spiro atoms. The van der Waals surface area contributed by atoms with Crippen LogP contribution in [0, 0.1) is 13.8 Å². The van der Waals surface area contributed by atoms with E-state index in [0.29, 0.717) is 22.5 Å². The van der Waals surface area contributed by atoms with Crippen molar-refractivity contribution in [3.8, 4) is 5.75 Å². The highest BCUT2D eigenvalue weighted by Gasteiger charge is 2.16. The number of hydrogen-bond acceptors (Lipinski definition) is 6. The Morgan fingerprint density at radius 3 is 2.41 bits per heavy atom. The molecule has 0 radical (unpaired) electrons. The summed E-state index contributed by atoms with van der Waals surface area (Å²) in [5.41, 5.74) is 4.39. The van der Waals surface area contributed by atoms with Gasteiger partial charge in [0.1, 0.15) is 5.75 Å². The average Bonchev–Trinajstić information content (AvgIpc) is 3.17. The molecule has 1 heterocycles. The first-order valence-electron chi connectivity index (χ1n) is 10.7. The number of para-hydroxylation sites is 3. The van der Waals surface area contributed by atoms with Crippen molar-refractivity contribution in [2.45, 2.75) is 25.5 Å². The van der Waals surface area contributed by atoms with Gasteiger partial charge in [0, 0.05) is 5.02 Å². The van der Waals surface area contributed by atoms with Crippen LogP contribution in [0.4, 0.5) is 0 Å². The predicted octanol–water partition coefficient (Wildman–Crippen LogP) is 5.60. The van der Waals surface area contributed by atoms with Gasteiger partial charge in [0.05, 0.1) is 23.3 Å². The molecule has 0 atom stereocenters. The molecule has 0 amide bonds. The minimum absolute atomic E-state index is 0.00250. The summed E-state index contributed by atoms with van der Waals surface area (Å²) in [5, 5.41) is 1.33. The molecular weight excluding hydrogens is 472 g/mol. The highest BCUT2D eigenvalue weighted by atomic mass is 35.5. The van der Waals surface area contributed by atoms with Gasteiger partial charge in [-0.25, -0.2) is 9.78 Å². The van der Waals surface area contributed by atoms with Crippen LogP contribution >= 0.6 is 23.4 Å². The molecule has 0 aliphatic heterocycles. The van der Waals surface area contributed by atoms with Crippen LogP contribution < -0.4 is 4.74 Å². The third kappa shape index (κ3) is 5.61. The Morgan fingerprint density at radius 1 is 0.941 bits per heavy atom. The predicted molar refractivity (Wildman–Crippen MR) is 134 cm³/mol. The molecule has 4 aromatic rings. The normalized spacial score (nSPS) is 10.9. The number of aromatic nitrogens is 2. The molecule has 4 rings (SSSR count). The zero-order valence-corrected chi connectivity index (χ0v) is 20.4. The van der Waals surface area contributed by atoms with Gasteiger partial charge in [-0.2, -0.15) is 0 Å². The Bertz CT molecular complexity index is 1330. The number of hydrogen-bond donors (Lipinski definition) is 0. The Hall–Kier alpha value is -3.29. The molecule has 1 aromatic heterocycles. The molecular formula is C26H23ClN2O4S. The maximum Gasteiger partial charge on any atom is 0.349 e. The third-order valence-corrected chi connectivity index (χ3v) is 6.52. The summed E-state index contributed by atoms with van der Waals surface area (Å²) in [4.78, 5) is 29.2. The number of ether oxygens (including phenoxy) is 2. The van der Waals surface area contributed by atoms with Crippen molar-refractivity contribution in [2.24, 2.45) is 0 Å². The first-order valence-corrected chi connectivity index (χ1v) is 12.0. The largest absolute Gasteiger partial charge is 0.453 e. The fraction of sp³-hybridized carbons (Fsp3) is 0.192. The van der Waals surface area contributed by atoms with Crippen molar-refractivity contribution in [1.29, 1.82) is 0 Å². The molecule has 0 bridgehead atoms. The zero-order chi connectivity index (χ0) is 24.1. The monoisotopic (exact) mass is 494 g/mol. The van der Waals surface area contributed by atoms with Gasteiger partial charge in [0.25, 0.3) is 0 Å². The lowest BCUT2D eigenvalue weighted by atomic mass is 10.1. The molecule has 0 saturated heterocycles. The van der Waals surface area contributed by atoms with Gasteiger partial charge in [0.15, 0.2) is 11.8 Å². The van der Waals surface area contributed by atoms with E-state index in [-0.39, 0.29) is 5.75 Å². The van der Waals surface area contributed by atoms with Crippen molar-refractivity contribution < 1.29 is 19.1 Å². The zero-order valence-electron chi connectivity index (χ0n) is 18.8. The van der Waals surface area contributed by atoms with E-state index in [1.54, 1.807) is 0 Å². The van der Waals surface area contributed by atoms with Gasteiger partial charge >= 0.3 is 11.9 Å². The number of imidazole rings is 1. The molecule has 0 fully saturated rings. The molecule has 0 N–H and O–H groups in total. The number of nitrogens with zero attached hydrogens (tertiary/aromatic N) is 2. The summed E-state index contributed by atoms with van der Waals surface area (Å²) in [6.45, 7) is 3.77. The van der Waals surface area contributed by atoms with Gasteiger partial charge in [0.2, 0.25) is 0 Å². The first-order chi connectivity index (χ1) is 16.4. The summed E-state index contributed by atoms with van der Waals surface area (Å²) in [6.07, 6.45) is 0. The molecule has 174 valence electrons. The van der Waals surface area contributed by atoms with Crippen LogP contribution in [0.1, 0.15) is 16.7 Å². The number of aryl methyl sites for hydroxylation is 2. The van der Waals surface area contributed by atoms with Gasteiger partial charge in [-0.15, -0.1) is 0 Å². The van der Waals surface area contributed by atoms with E-state index in [4.69, 9.17) is 21.1 Å². The fourth-order valence-electron chi connectivity index (χ4n) is 3.52. The van der Waals surface area contributed by atoms with E-state index >= 15 is 0 Å². The molecule has 8 heteroatoms. The van der Waals surface area contributed by atoms with Crippen molar-refractivity contribution >= 4 is 46.3 Å². The van der Waals surface area contributed by atoms with Crippen molar-refractivity contribution in [2.75, 3.05) is 12.4 Å². The molecule has 0 aliphatic carbocycles. The van der Waals surface area contributed by atoms with Gasteiger partial charge in [-0.3, -0.25) is 4.79 Å². The molecule has 6 nitrogen and oxygen atoms in total. The molecule has 34 heavy (non-hydrogen) atoms. The number of thioether (sulfide) groups is 1. The van der Waals surface area contributed by atoms with Gasteiger partial charge in [-0.1, -0.05) is 71.9 Å². The quantitative estimate of drug-likeness (QED) is 0.180. The Labute approximate surface area is 206 Å². The first kappa shape index (κ1) is 23.9. The molecule has 0 saturated carbocycles. The topological polar surface area (TPSA) is 70.4 Å². The van der Waals surface area contributed by atoms with Gasteiger partial charge in [-0.05, 0) is 48.7 Å². The molecule has 0 unspecified atom stereocenters. The van der Waals surface area contributed by atoms with E-state index in [2.05, 4.69) is 4.98 Å². The van der Waals surface area contributed by atoms with E-state index in [1.807, 2.05) is 85.1 Å². The van der Waals surface area contributed by atoms with Crippen molar-refractivity contribution in [1.82, 2.24) is 9.55 Å². The average molecular weight is 495 g/mol.